The summed E-state index contributed by atoms with van der Waals surface area (Å²) >= 11 is 0. The molecule has 0 heterocycles. The van der Waals surface area contributed by atoms with Crippen LogP contribution in [0, 0.1) is 5.92 Å². The van der Waals surface area contributed by atoms with Gasteiger partial charge in [0.2, 0.25) is 0 Å². The van der Waals surface area contributed by atoms with E-state index in [1.807, 2.05) is 0 Å². The molecule has 1 aliphatic carbocycles. The van der Waals surface area contributed by atoms with Gasteiger partial charge in [0.25, 0.3) is 0 Å². The molecule has 2 atom stereocenters. The Balaban J connectivity index is 3.32. The minimum atomic E-state index is -3.94. The van der Waals surface area contributed by atoms with Gasteiger partial charge in [0, 0.05) is 6.26 Å². The van der Waals surface area contributed by atoms with E-state index in [1.165, 1.54) is 0 Å². The van der Waals surface area contributed by atoms with Gasteiger partial charge in [-0.15, -0.1) is 0 Å². The second kappa shape index (κ2) is 3.58. The van der Waals surface area contributed by atoms with Crippen molar-refractivity contribution >= 4 is 21.8 Å². The van der Waals surface area contributed by atoms with E-state index < -0.39 is 38.9 Å². The smallest absolute Gasteiger partial charge is 0.329 e. The summed E-state index contributed by atoms with van der Waals surface area (Å²) < 4.78 is 20.9. The van der Waals surface area contributed by atoms with Crippen LogP contribution in [-0.2, 0) is 19.4 Å². The Bertz CT molecular complexity index is 462. The summed E-state index contributed by atoms with van der Waals surface area (Å²) in [6.07, 6.45) is 0.223. The standard InChI is InChI=1S/C9H12O6S/c1-5-3-6(7(10)11)4-9(5,8(12)13)16(2,14)15/h6H,1,3-4H2,2H3,(H,10,11)(H,12,13)/t6-,9+/m1/s1. The second-order valence-corrected chi connectivity index (χ2v) is 6.19. The maximum atomic E-state index is 11.5. The summed E-state index contributed by atoms with van der Waals surface area (Å²) in [5.41, 5.74) is -0.0603. The van der Waals surface area contributed by atoms with Gasteiger partial charge in [0.1, 0.15) is 0 Å². The van der Waals surface area contributed by atoms with E-state index in [0.717, 1.165) is 6.26 Å². The second-order valence-electron chi connectivity index (χ2n) is 3.95. The lowest BCUT2D eigenvalue weighted by molar-refractivity contribution is -0.142. The van der Waals surface area contributed by atoms with Crippen molar-refractivity contribution in [3.63, 3.8) is 0 Å². The molecular formula is C9H12O6S. The van der Waals surface area contributed by atoms with Gasteiger partial charge < -0.3 is 10.2 Å². The first-order chi connectivity index (χ1) is 7.13. The molecule has 0 radical (unpaired) electrons. The highest BCUT2D eigenvalue weighted by Crippen LogP contribution is 2.44. The monoisotopic (exact) mass is 248 g/mol. The fourth-order valence-corrected chi connectivity index (χ4v) is 3.44. The molecule has 1 saturated carbocycles. The molecule has 6 nitrogen and oxygen atoms in total. The van der Waals surface area contributed by atoms with Crippen LogP contribution in [0.15, 0.2) is 12.2 Å². The summed E-state index contributed by atoms with van der Waals surface area (Å²) in [6, 6.07) is 0. The SMILES string of the molecule is C=C1C[C@@H](C(=O)O)C[C@]1(C(=O)O)S(C)(=O)=O. The fraction of sp³-hybridized carbons (Fsp3) is 0.556. The zero-order valence-corrected chi connectivity index (χ0v) is 9.45. The lowest BCUT2D eigenvalue weighted by Crippen LogP contribution is -2.45. The molecule has 7 heteroatoms. The van der Waals surface area contributed by atoms with E-state index in [2.05, 4.69) is 6.58 Å². The summed E-state index contributed by atoms with van der Waals surface area (Å²) in [7, 11) is -3.94. The lowest BCUT2D eigenvalue weighted by atomic mass is 10.0. The van der Waals surface area contributed by atoms with Gasteiger partial charge in [0.05, 0.1) is 5.92 Å². The zero-order valence-electron chi connectivity index (χ0n) is 8.63. The Morgan fingerprint density at radius 3 is 2.12 bits per heavy atom. The van der Waals surface area contributed by atoms with Crippen LogP contribution >= 0.6 is 0 Å². The summed E-state index contributed by atoms with van der Waals surface area (Å²) in [5, 5.41) is 17.8. The molecule has 0 spiro atoms. The highest BCUT2D eigenvalue weighted by Gasteiger charge is 2.57. The third-order valence-electron chi connectivity index (χ3n) is 2.93. The van der Waals surface area contributed by atoms with Crippen LogP contribution in [0.2, 0.25) is 0 Å². The van der Waals surface area contributed by atoms with Crippen molar-refractivity contribution in [2.75, 3.05) is 6.26 Å². The molecule has 0 aromatic rings. The summed E-state index contributed by atoms with van der Waals surface area (Å²) in [4.78, 5) is 21.9. The van der Waals surface area contributed by atoms with Gasteiger partial charge in [-0.25, -0.2) is 8.42 Å². The molecule has 1 fully saturated rings. The van der Waals surface area contributed by atoms with Crippen molar-refractivity contribution in [3.8, 4) is 0 Å². The van der Waals surface area contributed by atoms with Crippen LogP contribution in [0.4, 0.5) is 0 Å². The Hall–Kier alpha value is -1.37. The van der Waals surface area contributed by atoms with E-state index >= 15 is 0 Å². The van der Waals surface area contributed by atoms with Crippen molar-refractivity contribution in [1.82, 2.24) is 0 Å². The average molecular weight is 248 g/mol. The van der Waals surface area contributed by atoms with Crippen molar-refractivity contribution < 1.29 is 28.2 Å². The molecule has 90 valence electrons. The first-order valence-electron chi connectivity index (χ1n) is 4.47. The van der Waals surface area contributed by atoms with E-state index in [9.17, 15) is 18.0 Å². The van der Waals surface area contributed by atoms with Crippen molar-refractivity contribution in [1.29, 1.82) is 0 Å². The summed E-state index contributed by atoms with van der Waals surface area (Å²) in [6.45, 7) is 3.40. The average Bonchev–Trinajstić information content (AvgIpc) is 2.42. The molecule has 1 aliphatic rings. The number of hydrogen-bond acceptors (Lipinski definition) is 4. The van der Waals surface area contributed by atoms with Gasteiger partial charge in [-0.1, -0.05) is 6.58 Å². The highest BCUT2D eigenvalue weighted by atomic mass is 32.2. The quantitative estimate of drug-likeness (QED) is 0.675. The van der Waals surface area contributed by atoms with Crippen molar-refractivity contribution in [2.24, 2.45) is 5.92 Å². The molecule has 2 N–H and O–H groups in total. The molecule has 1 rings (SSSR count). The Morgan fingerprint density at radius 1 is 1.44 bits per heavy atom. The molecule has 0 bridgehead atoms. The van der Waals surface area contributed by atoms with Crippen molar-refractivity contribution in [2.45, 2.75) is 17.6 Å². The first kappa shape index (κ1) is 12.7. The third-order valence-corrected chi connectivity index (χ3v) is 4.82. The van der Waals surface area contributed by atoms with Crippen LogP contribution in [0.5, 0.6) is 0 Å². The predicted molar refractivity (Wildman–Crippen MR) is 54.7 cm³/mol. The summed E-state index contributed by atoms with van der Waals surface area (Å²) in [5.74, 6) is -3.75. The van der Waals surface area contributed by atoms with E-state index in [1.54, 1.807) is 0 Å². The van der Waals surface area contributed by atoms with Crippen LogP contribution in [0.25, 0.3) is 0 Å². The molecule has 0 unspecified atom stereocenters. The number of rotatable bonds is 3. The molecule has 0 saturated heterocycles. The largest absolute Gasteiger partial charge is 0.481 e. The molecule has 0 amide bonds. The number of carboxylic acids is 2. The van der Waals surface area contributed by atoms with Gasteiger partial charge in [-0.3, -0.25) is 9.59 Å². The number of hydrogen-bond donors (Lipinski definition) is 2. The number of carbonyl (C=O) groups is 2. The number of carboxylic acid groups (broad SMARTS) is 2. The van der Waals surface area contributed by atoms with E-state index in [-0.39, 0.29) is 12.0 Å². The van der Waals surface area contributed by atoms with Gasteiger partial charge >= 0.3 is 11.9 Å². The Kier molecular flexibility index (Phi) is 2.84. The van der Waals surface area contributed by atoms with Crippen LogP contribution < -0.4 is 0 Å². The molecule has 0 aliphatic heterocycles. The lowest BCUT2D eigenvalue weighted by Gasteiger charge is -2.23. The van der Waals surface area contributed by atoms with Crippen LogP contribution in [0.3, 0.4) is 0 Å². The Morgan fingerprint density at radius 2 is 1.94 bits per heavy atom. The van der Waals surface area contributed by atoms with Gasteiger partial charge in [0.15, 0.2) is 14.6 Å². The van der Waals surface area contributed by atoms with Crippen molar-refractivity contribution in [3.05, 3.63) is 12.2 Å². The molecule has 16 heavy (non-hydrogen) atoms. The fourth-order valence-electron chi connectivity index (χ4n) is 2.01. The minimum Gasteiger partial charge on any atom is -0.481 e. The molecular weight excluding hydrogens is 236 g/mol. The Labute approximate surface area is 92.5 Å². The normalized spacial score (nSPS) is 30.3. The number of aliphatic carboxylic acids is 2. The zero-order chi connectivity index (χ0) is 12.7. The topological polar surface area (TPSA) is 109 Å². The van der Waals surface area contributed by atoms with Crippen LogP contribution in [-0.4, -0.2) is 41.6 Å². The maximum absolute atomic E-state index is 11.5. The predicted octanol–water partition coefficient (Wildman–Crippen LogP) is -0.0948. The molecule has 0 aromatic heterocycles. The highest BCUT2D eigenvalue weighted by molar-refractivity contribution is 7.93. The van der Waals surface area contributed by atoms with E-state index in [0.29, 0.717) is 0 Å². The third kappa shape index (κ3) is 1.60. The number of sulfone groups is 1. The van der Waals surface area contributed by atoms with Gasteiger partial charge in [-0.2, -0.15) is 0 Å². The van der Waals surface area contributed by atoms with Crippen LogP contribution in [0.1, 0.15) is 12.8 Å². The van der Waals surface area contributed by atoms with E-state index in [4.69, 9.17) is 10.2 Å². The molecule has 0 aromatic carbocycles. The minimum absolute atomic E-state index is 0.0603. The van der Waals surface area contributed by atoms with Gasteiger partial charge in [-0.05, 0) is 18.4 Å². The maximum Gasteiger partial charge on any atom is 0.329 e. The first-order valence-corrected chi connectivity index (χ1v) is 6.36.